The van der Waals surface area contributed by atoms with Gasteiger partial charge in [-0.2, -0.15) is 13.2 Å². The van der Waals surface area contributed by atoms with Gasteiger partial charge in [0.15, 0.2) is 0 Å². The summed E-state index contributed by atoms with van der Waals surface area (Å²) in [5.41, 5.74) is 6.98. The predicted molar refractivity (Wildman–Crippen MR) is 102 cm³/mol. The highest BCUT2D eigenvalue weighted by molar-refractivity contribution is 7.99. The molecule has 0 bridgehead atoms. The third-order valence-electron chi connectivity index (χ3n) is 4.34. The predicted octanol–water partition coefficient (Wildman–Crippen LogP) is 2.89. The summed E-state index contributed by atoms with van der Waals surface area (Å²) in [6, 6.07) is 4.10. The van der Waals surface area contributed by atoms with Gasteiger partial charge in [-0.25, -0.2) is 9.59 Å². The highest BCUT2D eigenvalue weighted by Gasteiger charge is 2.38. The lowest BCUT2D eigenvalue weighted by molar-refractivity contribution is -0.192. The molecule has 1 unspecified atom stereocenters. The van der Waals surface area contributed by atoms with Crippen molar-refractivity contribution in [1.82, 2.24) is 4.57 Å². The van der Waals surface area contributed by atoms with Crippen LogP contribution in [0.2, 0.25) is 0 Å². The number of aromatic carboxylic acids is 1. The summed E-state index contributed by atoms with van der Waals surface area (Å²) < 4.78 is 33.7. The number of carboxylic acids is 2. The minimum atomic E-state index is -5.08. The smallest absolute Gasteiger partial charge is 0.477 e. The molecule has 0 spiro atoms. The van der Waals surface area contributed by atoms with E-state index in [1.807, 2.05) is 10.6 Å². The third-order valence-corrected chi connectivity index (χ3v) is 5.35. The van der Waals surface area contributed by atoms with Gasteiger partial charge in [0.2, 0.25) is 5.43 Å². The highest BCUT2D eigenvalue weighted by atomic mass is 32.2. The van der Waals surface area contributed by atoms with Crippen LogP contribution >= 0.6 is 11.8 Å². The standard InChI is InChI=1S/C16H18N2O3S.C2HF3O2/c1-9-2-3-10-6-11(22-5-4-17)7-12-14(10)18(9)8-13(15(12)19)16(20)21;3-2(4,5)1(6)7/h6-9H,2-5,17H2,1H3,(H,20,21);(H,6,7). The van der Waals surface area contributed by atoms with E-state index >= 15 is 0 Å². The Morgan fingerprint density at radius 1 is 1.31 bits per heavy atom. The van der Waals surface area contributed by atoms with Crippen LogP contribution in [-0.2, 0) is 11.2 Å². The summed E-state index contributed by atoms with van der Waals surface area (Å²) in [7, 11) is 0. The van der Waals surface area contributed by atoms with E-state index < -0.39 is 23.5 Å². The minimum Gasteiger partial charge on any atom is -0.477 e. The number of thioether (sulfide) groups is 1. The number of benzene rings is 1. The Morgan fingerprint density at radius 2 is 1.93 bits per heavy atom. The Morgan fingerprint density at radius 3 is 2.45 bits per heavy atom. The van der Waals surface area contributed by atoms with E-state index in [0.717, 1.165) is 34.6 Å². The molecule has 1 aliphatic heterocycles. The zero-order valence-corrected chi connectivity index (χ0v) is 16.1. The van der Waals surface area contributed by atoms with Gasteiger partial charge in [0, 0.05) is 34.8 Å². The number of aromatic nitrogens is 1. The SMILES string of the molecule is CC1CCc2cc(SCCN)cc3c(=O)c(C(=O)O)cn1c23.O=C(O)C(F)(F)F. The highest BCUT2D eigenvalue weighted by Crippen LogP contribution is 2.33. The van der Waals surface area contributed by atoms with Crippen LogP contribution < -0.4 is 11.2 Å². The molecular formula is C18H19F3N2O5S. The van der Waals surface area contributed by atoms with Crippen molar-refractivity contribution < 1.29 is 33.0 Å². The van der Waals surface area contributed by atoms with Crippen molar-refractivity contribution in [3.63, 3.8) is 0 Å². The molecule has 0 saturated heterocycles. The molecule has 0 fully saturated rings. The number of halogens is 3. The van der Waals surface area contributed by atoms with Gasteiger partial charge in [-0.3, -0.25) is 4.79 Å². The van der Waals surface area contributed by atoms with Crippen LogP contribution in [0.15, 0.2) is 28.0 Å². The molecule has 7 nitrogen and oxygen atoms in total. The molecule has 2 heterocycles. The van der Waals surface area contributed by atoms with Gasteiger partial charge >= 0.3 is 18.1 Å². The van der Waals surface area contributed by atoms with Gasteiger partial charge in [-0.1, -0.05) is 0 Å². The second kappa shape index (κ2) is 8.87. The molecule has 11 heteroatoms. The fraction of sp³-hybridized carbons (Fsp3) is 0.389. The second-order valence-corrected chi connectivity index (χ2v) is 7.56. The summed E-state index contributed by atoms with van der Waals surface area (Å²) in [5.74, 6) is -3.16. The van der Waals surface area contributed by atoms with Crippen molar-refractivity contribution in [1.29, 1.82) is 0 Å². The van der Waals surface area contributed by atoms with E-state index in [-0.39, 0.29) is 11.6 Å². The van der Waals surface area contributed by atoms with Crippen molar-refractivity contribution in [2.75, 3.05) is 12.3 Å². The van der Waals surface area contributed by atoms with Gasteiger partial charge in [0.05, 0.1) is 5.52 Å². The molecule has 4 N–H and O–H groups in total. The van der Waals surface area contributed by atoms with Crippen LogP contribution in [0.25, 0.3) is 10.9 Å². The maximum Gasteiger partial charge on any atom is 0.490 e. The van der Waals surface area contributed by atoms with Crippen LogP contribution in [0.5, 0.6) is 0 Å². The molecule has 0 amide bonds. The molecule has 158 valence electrons. The molecule has 1 aromatic carbocycles. The van der Waals surface area contributed by atoms with E-state index in [2.05, 4.69) is 13.0 Å². The number of alkyl halides is 3. The fourth-order valence-electron chi connectivity index (χ4n) is 3.00. The van der Waals surface area contributed by atoms with Crippen molar-refractivity contribution in [3.8, 4) is 0 Å². The molecule has 1 aliphatic rings. The Labute approximate surface area is 167 Å². The lowest BCUT2D eigenvalue weighted by atomic mass is 9.96. The summed E-state index contributed by atoms with van der Waals surface area (Å²) in [5, 5.41) is 16.9. The maximum atomic E-state index is 12.5. The van der Waals surface area contributed by atoms with Crippen molar-refractivity contribution >= 4 is 34.6 Å². The monoisotopic (exact) mass is 432 g/mol. The van der Waals surface area contributed by atoms with E-state index in [1.54, 1.807) is 11.8 Å². The first-order valence-electron chi connectivity index (χ1n) is 8.55. The normalized spacial score (nSPS) is 15.6. The van der Waals surface area contributed by atoms with Crippen LogP contribution in [0, 0.1) is 0 Å². The van der Waals surface area contributed by atoms with Crippen molar-refractivity contribution in [2.24, 2.45) is 5.73 Å². The average Bonchev–Trinajstić information content (AvgIpc) is 2.63. The van der Waals surface area contributed by atoms with Gasteiger partial charge in [-0.15, -0.1) is 11.8 Å². The van der Waals surface area contributed by atoms with Crippen molar-refractivity contribution in [3.05, 3.63) is 39.7 Å². The minimum absolute atomic E-state index is 0.159. The average molecular weight is 432 g/mol. The molecule has 0 saturated carbocycles. The molecule has 2 aromatic rings. The summed E-state index contributed by atoms with van der Waals surface area (Å²) in [6.45, 7) is 2.62. The van der Waals surface area contributed by atoms with E-state index in [1.165, 1.54) is 6.20 Å². The van der Waals surface area contributed by atoms with Gasteiger partial charge < -0.3 is 20.5 Å². The Bertz CT molecular complexity index is 1000. The first-order valence-corrected chi connectivity index (χ1v) is 9.54. The summed E-state index contributed by atoms with van der Waals surface area (Å²) >= 11 is 1.60. The lowest BCUT2D eigenvalue weighted by Crippen LogP contribution is -2.23. The number of rotatable bonds is 4. The number of aryl methyl sites for hydroxylation is 1. The molecule has 1 aromatic heterocycles. The number of aliphatic carboxylic acids is 1. The number of nitrogens with two attached hydrogens (primary N) is 1. The van der Waals surface area contributed by atoms with E-state index in [0.29, 0.717) is 11.9 Å². The van der Waals surface area contributed by atoms with Crippen LogP contribution in [-0.4, -0.2) is 45.2 Å². The van der Waals surface area contributed by atoms with Gasteiger partial charge in [-0.05, 0) is 37.5 Å². The largest absolute Gasteiger partial charge is 0.490 e. The third kappa shape index (κ3) is 5.10. The lowest BCUT2D eigenvalue weighted by Gasteiger charge is -2.27. The zero-order valence-electron chi connectivity index (χ0n) is 15.3. The van der Waals surface area contributed by atoms with Crippen molar-refractivity contribution in [2.45, 2.75) is 36.9 Å². The fourth-order valence-corrected chi connectivity index (χ4v) is 3.79. The molecule has 0 radical (unpaired) electrons. The maximum absolute atomic E-state index is 12.5. The molecule has 0 aliphatic carbocycles. The Hall–Kier alpha value is -2.53. The number of hydrogen-bond acceptors (Lipinski definition) is 5. The van der Waals surface area contributed by atoms with Gasteiger partial charge in [0.1, 0.15) is 5.56 Å². The molecule has 29 heavy (non-hydrogen) atoms. The molecule has 3 rings (SSSR count). The Balaban J connectivity index is 0.000000370. The van der Waals surface area contributed by atoms with Gasteiger partial charge in [0.25, 0.3) is 0 Å². The quantitative estimate of drug-likeness (QED) is 0.635. The number of hydrogen-bond donors (Lipinski definition) is 3. The number of pyridine rings is 1. The Kier molecular flexibility index (Phi) is 6.96. The number of carboxylic acid groups (broad SMARTS) is 2. The number of carbonyl (C=O) groups is 2. The van der Waals surface area contributed by atoms with Crippen LogP contribution in [0.1, 0.15) is 35.3 Å². The first-order chi connectivity index (χ1) is 13.5. The summed E-state index contributed by atoms with van der Waals surface area (Å²) in [4.78, 5) is 33.8. The first kappa shape index (κ1) is 22.8. The summed E-state index contributed by atoms with van der Waals surface area (Å²) in [6.07, 6.45) is -1.75. The number of nitrogens with zero attached hydrogens (tertiary/aromatic N) is 1. The molecular weight excluding hydrogens is 413 g/mol. The topological polar surface area (TPSA) is 123 Å². The second-order valence-electron chi connectivity index (χ2n) is 6.39. The van der Waals surface area contributed by atoms with Crippen LogP contribution in [0.4, 0.5) is 13.2 Å². The zero-order chi connectivity index (χ0) is 21.9. The van der Waals surface area contributed by atoms with Crippen LogP contribution in [0.3, 0.4) is 0 Å². The van der Waals surface area contributed by atoms with E-state index in [9.17, 15) is 27.9 Å². The molecule has 1 atom stereocenters. The van der Waals surface area contributed by atoms with E-state index in [4.69, 9.17) is 15.6 Å².